The zero-order valence-electron chi connectivity index (χ0n) is 10.9. The lowest BCUT2D eigenvalue weighted by atomic mass is 9.81. The minimum absolute atomic E-state index is 0.120. The third-order valence-electron chi connectivity index (χ3n) is 3.96. The lowest BCUT2D eigenvalue weighted by molar-refractivity contribution is 0.106. The number of hydrogen-bond acceptors (Lipinski definition) is 1. The molecule has 1 N–H and O–H groups in total. The first-order valence-corrected chi connectivity index (χ1v) is 7.08. The first-order valence-electron chi connectivity index (χ1n) is 7.08. The number of rotatable bonds is 4. The van der Waals surface area contributed by atoms with Gasteiger partial charge in [-0.1, -0.05) is 50.5 Å². The summed E-state index contributed by atoms with van der Waals surface area (Å²) in [5.41, 5.74) is 2.76. The van der Waals surface area contributed by atoms with E-state index < -0.39 is 0 Å². The Bertz CT molecular complexity index is 328. The molecule has 0 radical (unpaired) electrons. The Labute approximate surface area is 105 Å². The van der Waals surface area contributed by atoms with Crippen LogP contribution in [0, 0.1) is 0 Å². The van der Waals surface area contributed by atoms with E-state index in [9.17, 15) is 5.11 Å². The Hall–Kier alpha value is -0.820. The number of aryl methyl sites for hydroxylation is 1. The largest absolute Gasteiger partial charge is 0.392 e. The highest BCUT2D eigenvalue weighted by Crippen LogP contribution is 2.33. The molecule has 0 spiro atoms. The van der Waals surface area contributed by atoms with Crippen LogP contribution in [0.3, 0.4) is 0 Å². The molecule has 1 fully saturated rings. The summed E-state index contributed by atoms with van der Waals surface area (Å²) < 4.78 is 0. The van der Waals surface area contributed by atoms with E-state index in [1.165, 1.54) is 43.2 Å². The van der Waals surface area contributed by atoms with E-state index in [1.54, 1.807) is 0 Å². The van der Waals surface area contributed by atoms with Crippen molar-refractivity contribution < 1.29 is 5.11 Å². The zero-order chi connectivity index (χ0) is 12.1. The van der Waals surface area contributed by atoms with Gasteiger partial charge in [-0.15, -0.1) is 0 Å². The Morgan fingerprint density at radius 3 is 2.47 bits per heavy atom. The first-order chi connectivity index (χ1) is 8.31. The fourth-order valence-corrected chi connectivity index (χ4v) is 2.81. The van der Waals surface area contributed by atoms with Gasteiger partial charge in [-0.05, 0) is 36.8 Å². The molecule has 0 aliphatic heterocycles. The number of hydrogen-bond donors (Lipinski definition) is 1. The smallest absolute Gasteiger partial charge is 0.0608 e. The van der Waals surface area contributed by atoms with Crippen LogP contribution in [0.5, 0.6) is 0 Å². The van der Waals surface area contributed by atoms with Gasteiger partial charge < -0.3 is 5.11 Å². The van der Waals surface area contributed by atoms with Crippen LogP contribution in [-0.2, 0) is 6.42 Å². The average Bonchev–Trinajstić information content (AvgIpc) is 2.38. The highest BCUT2D eigenvalue weighted by molar-refractivity contribution is 5.26. The maximum absolute atomic E-state index is 10.0. The van der Waals surface area contributed by atoms with E-state index in [1.807, 2.05) is 0 Å². The maximum atomic E-state index is 10.0. The third-order valence-corrected chi connectivity index (χ3v) is 3.96. The van der Waals surface area contributed by atoms with Gasteiger partial charge in [0.2, 0.25) is 0 Å². The summed E-state index contributed by atoms with van der Waals surface area (Å²) in [6.45, 7) is 2.23. The summed E-state index contributed by atoms with van der Waals surface area (Å²) in [5.74, 6) is 0.379. The first kappa shape index (κ1) is 12.6. The molecular weight excluding hydrogens is 208 g/mol. The van der Waals surface area contributed by atoms with Crippen molar-refractivity contribution in [2.75, 3.05) is 0 Å². The fourth-order valence-electron chi connectivity index (χ4n) is 2.81. The second kappa shape index (κ2) is 6.20. The number of benzene rings is 1. The van der Waals surface area contributed by atoms with Crippen molar-refractivity contribution in [2.45, 2.75) is 63.9 Å². The summed E-state index contributed by atoms with van der Waals surface area (Å²) in [6, 6.07) is 8.94. The summed E-state index contributed by atoms with van der Waals surface area (Å²) in [6.07, 6.45) is 8.16. The van der Waals surface area contributed by atoms with Crippen LogP contribution in [0.4, 0.5) is 0 Å². The molecule has 17 heavy (non-hydrogen) atoms. The summed E-state index contributed by atoms with van der Waals surface area (Å²) in [5, 5.41) is 10.0. The monoisotopic (exact) mass is 232 g/mol. The van der Waals surface area contributed by atoms with Crippen LogP contribution in [-0.4, -0.2) is 11.2 Å². The molecular formula is C16H24O. The second-order valence-electron chi connectivity index (χ2n) is 5.30. The molecule has 0 aromatic heterocycles. The van der Waals surface area contributed by atoms with Gasteiger partial charge in [0.1, 0.15) is 0 Å². The highest BCUT2D eigenvalue weighted by Gasteiger charge is 2.24. The van der Waals surface area contributed by atoms with Crippen molar-refractivity contribution in [1.82, 2.24) is 0 Å². The molecule has 2 rings (SSSR count). The van der Waals surface area contributed by atoms with Gasteiger partial charge in [0.25, 0.3) is 0 Å². The van der Waals surface area contributed by atoms with E-state index in [0.717, 1.165) is 12.8 Å². The molecule has 1 aromatic rings. The molecule has 2 unspecified atom stereocenters. The van der Waals surface area contributed by atoms with E-state index in [2.05, 4.69) is 31.2 Å². The number of aliphatic hydroxyl groups excluding tert-OH is 1. The van der Waals surface area contributed by atoms with Gasteiger partial charge in [0.15, 0.2) is 0 Å². The van der Waals surface area contributed by atoms with Crippen LogP contribution in [0.25, 0.3) is 0 Å². The fraction of sp³-hybridized carbons (Fsp3) is 0.625. The Morgan fingerprint density at radius 1 is 1.12 bits per heavy atom. The van der Waals surface area contributed by atoms with Crippen LogP contribution in [0.2, 0.25) is 0 Å². The lowest BCUT2D eigenvalue weighted by Gasteiger charge is -2.28. The quantitative estimate of drug-likeness (QED) is 0.830. The van der Waals surface area contributed by atoms with Gasteiger partial charge in [0.05, 0.1) is 6.10 Å². The molecule has 1 aliphatic rings. The summed E-state index contributed by atoms with van der Waals surface area (Å²) >= 11 is 0. The topological polar surface area (TPSA) is 20.2 Å². The Balaban J connectivity index is 2.01. The Morgan fingerprint density at radius 2 is 1.82 bits per heavy atom. The van der Waals surface area contributed by atoms with Crippen molar-refractivity contribution in [1.29, 1.82) is 0 Å². The van der Waals surface area contributed by atoms with E-state index >= 15 is 0 Å². The van der Waals surface area contributed by atoms with Gasteiger partial charge in [-0.25, -0.2) is 0 Å². The lowest BCUT2D eigenvalue weighted by Crippen LogP contribution is -2.22. The predicted octanol–water partition coefficient (Wildman–Crippen LogP) is 4.05. The normalized spacial score (nSPS) is 24.8. The molecule has 1 saturated carbocycles. The van der Waals surface area contributed by atoms with E-state index in [-0.39, 0.29) is 6.10 Å². The standard InChI is InChI=1S/C16H24O/c1-2-3-6-13-9-11-14(12-10-13)15-7-4-5-8-16(15)17/h9-12,15-17H,2-8H2,1H3. The second-order valence-corrected chi connectivity index (χ2v) is 5.30. The summed E-state index contributed by atoms with van der Waals surface area (Å²) in [4.78, 5) is 0. The molecule has 1 nitrogen and oxygen atoms in total. The zero-order valence-corrected chi connectivity index (χ0v) is 10.9. The van der Waals surface area contributed by atoms with Gasteiger partial charge >= 0.3 is 0 Å². The van der Waals surface area contributed by atoms with Crippen molar-refractivity contribution in [3.8, 4) is 0 Å². The SMILES string of the molecule is CCCCc1ccc(C2CCCCC2O)cc1. The van der Waals surface area contributed by atoms with Crippen molar-refractivity contribution in [3.05, 3.63) is 35.4 Å². The molecule has 0 heterocycles. The highest BCUT2D eigenvalue weighted by atomic mass is 16.3. The molecule has 0 saturated heterocycles. The van der Waals surface area contributed by atoms with Crippen molar-refractivity contribution in [2.24, 2.45) is 0 Å². The molecule has 0 bridgehead atoms. The predicted molar refractivity (Wildman–Crippen MR) is 72.3 cm³/mol. The van der Waals surface area contributed by atoms with Crippen LogP contribution < -0.4 is 0 Å². The van der Waals surface area contributed by atoms with Crippen molar-refractivity contribution >= 4 is 0 Å². The molecule has 1 aromatic carbocycles. The van der Waals surface area contributed by atoms with E-state index in [0.29, 0.717) is 5.92 Å². The van der Waals surface area contributed by atoms with E-state index in [4.69, 9.17) is 0 Å². The Kier molecular flexibility index (Phi) is 4.61. The van der Waals surface area contributed by atoms with Crippen LogP contribution in [0.1, 0.15) is 62.5 Å². The number of unbranched alkanes of at least 4 members (excludes halogenated alkanes) is 1. The minimum Gasteiger partial charge on any atom is -0.392 e. The summed E-state index contributed by atoms with van der Waals surface area (Å²) in [7, 11) is 0. The average molecular weight is 232 g/mol. The molecule has 0 amide bonds. The minimum atomic E-state index is -0.120. The van der Waals surface area contributed by atoms with Crippen LogP contribution in [0.15, 0.2) is 24.3 Å². The van der Waals surface area contributed by atoms with Gasteiger partial charge in [0, 0.05) is 5.92 Å². The molecule has 1 aliphatic carbocycles. The van der Waals surface area contributed by atoms with Crippen LogP contribution >= 0.6 is 0 Å². The van der Waals surface area contributed by atoms with Gasteiger partial charge in [-0.2, -0.15) is 0 Å². The van der Waals surface area contributed by atoms with Crippen molar-refractivity contribution in [3.63, 3.8) is 0 Å². The maximum Gasteiger partial charge on any atom is 0.0608 e. The molecule has 2 atom stereocenters. The third kappa shape index (κ3) is 3.32. The number of aliphatic hydroxyl groups is 1. The molecule has 1 heteroatoms. The molecule has 94 valence electrons. The van der Waals surface area contributed by atoms with Gasteiger partial charge in [-0.3, -0.25) is 0 Å².